The molecule has 0 radical (unpaired) electrons. The smallest absolute Gasteiger partial charge is 0.304 e. The Bertz CT molecular complexity index is 1180. The third kappa shape index (κ3) is 1.67. The van der Waals surface area contributed by atoms with Gasteiger partial charge in [-0.3, -0.25) is 19.4 Å². The molecular weight excluding hydrogens is 348 g/mol. The van der Waals surface area contributed by atoms with Crippen LogP contribution in [0, 0.1) is 20.5 Å². The van der Waals surface area contributed by atoms with Crippen molar-refractivity contribution in [1.29, 1.82) is 0 Å². The summed E-state index contributed by atoms with van der Waals surface area (Å²) in [6.45, 7) is 0. The molecule has 12 nitrogen and oxygen atoms in total. The zero-order chi connectivity index (χ0) is 18.0. The van der Waals surface area contributed by atoms with E-state index in [2.05, 4.69) is 24.6 Å². The Hall–Kier alpha value is -3.96. The van der Waals surface area contributed by atoms with Crippen LogP contribution < -0.4 is 9.81 Å². The van der Waals surface area contributed by atoms with Gasteiger partial charge in [-0.25, -0.2) is 0 Å². The molecular formula is C14H8N6O6. The minimum absolute atomic E-state index is 0.0152. The minimum atomic E-state index is -1.52. The average molecular weight is 356 g/mol. The summed E-state index contributed by atoms with van der Waals surface area (Å²) < 4.78 is 9.15. The third-order valence-corrected chi connectivity index (χ3v) is 4.58. The highest BCUT2D eigenvalue weighted by atomic mass is 16.8. The maximum atomic E-state index is 12.2. The Balaban J connectivity index is 1.86. The molecule has 1 aromatic carbocycles. The van der Waals surface area contributed by atoms with Crippen LogP contribution >= 0.6 is 0 Å². The lowest BCUT2D eigenvalue weighted by atomic mass is 9.81. The molecule has 0 spiro atoms. The van der Waals surface area contributed by atoms with Crippen LogP contribution in [0.25, 0.3) is 22.3 Å². The Kier molecular flexibility index (Phi) is 2.65. The lowest BCUT2D eigenvalue weighted by Crippen LogP contribution is -2.38. The molecule has 0 unspecified atom stereocenters. The van der Waals surface area contributed by atoms with E-state index in [1.54, 1.807) is 24.4 Å². The summed E-state index contributed by atoms with van der Waals surface area (Å²) in [5, 5.41) is 43.8. The van der Waals surface area contributed by atoms with E-state index in [-0.39, 0.29) is 32.6 Å². The number of H-pyrrole nitrogens is 1. The Morgan fingerprint density at radius 3 is 2.73 bits per heavy atom. The Labute approximate surface area is 142 Å². The number of nitrogens with one attached hydrogen (secondary N) is 1. The molecule has 130 valence electrons. The van der Waals surface area contributed by atoms with Gasteiger partial charge in [-0.1, -0.05) is 18.2 Å². The van der Waals surface area contributed by atoms with Crippen molar-refractivity contribution >= 4 is 10.9 Å². The molecule has 0 aliphatic heterocycles. The topological polar surface area (TPSA) is 165 Å². The van der Waals surface area contributed by atoms with Crippen LogP contribution in [0.3, 0.4) is 0 Å². The summed E-state index contributed by atoms with van der Waals surface area (Å²) >= 11 is 0. The van der Waals surface area contributed by atoms with Gasteiger partial charge in [-0.2, -0.15) is 0 Å². The number of rotatable bonds is 2. The van der Waals surface area contributed by atoms with E-state index in [9.17, 15) is 20.5 Å². The van der Waals surface area contributed by atoms with Gasteiger partial charge in [0.1, 0.15) is 5.92 Å². The fourth-order valence-corrected chi connectivity index (χ4v) is 3.54. The summed E-state index contributed by atoms with van der Waals surface area (Å²) in [5.74, 6) is -1.07. The van der Waals surface area contributed by atoms with Crippen molar-refractivity contribution in [1.82, 2.24) is 15.3 Å². The highest BCUT2D eigenvalue weighted by Crippen LogP contribution is 2.47. The summed E-state index contributed by atoms with van der Waals surface area (Å²) in [5.41, 5.74) is 0.460. The lowest BCUT2D eigenvalue weighted by Gasteiger charge is -2.18. The van der Waals surface area contributed by atoms with Crippen molar-refractivity contribution in [2.75, 3.05) is 0 Å². The second-order valence-electron chi connectivity index (χ2n) is 5.83. The zero-order valence-electron chi connectivity index (χ0n) is 12.7. The second kappa shape index (κ2) is 4.78. The van der Waals surface area contributed by atoms with Crippen LogP contribution in [0.1, 0.15) is 28.9 Å². The SMILES string of the molecule is O=[N+]([O-])[C@H]1c2no[n+]([O-])c2-c2no[n+]([O-])c2[C@@H]1c1c[nH]c2ccccc12. The van der Waals surface area contributed by atoms with E-state index in [1.807, 2.05) is 6.07 Å². The Morgan fingerprint density at radius 2 is 1.92 bits per heavy atom. The first kappa shape index (κ1) is 14.4. The molecule has 0 saturated carbocycles. The van der Waals surface area contributed by atoms with Gasteiger partial charge in [0, 0.05) is 27.2 Å². The molecule has 0 bridgehead atoms. The predicted molar refractivity (Wildman–Crippen MR) is 79.8 cm³/mol. The van der Waals surface area contributed by atoms with E-state index < -0.39 is 16.9 Å². The van der Waals surface area contributed by atoms with Crippen LogP contribution in [0.15, 0.2) is 39.7 Å². The molecule has 4 aromatic rings. The highest BCUT2D eigenvalue weighted by Gasteiger charge is 2.57. The molecule has 3 aromatic heterocycles. The zero-order valence-corrected chi connectivity index (χ0v) is 12.7. The molecule has 0 fully saturated rings. The number of aromatic nitrogens is 5. The van der Waals surface area contributed by atoms with Crippen LogP contribution in [0.4, 0.5) is 0 Å². The van der Waals surface area contributed by atoms with Crippen molar-refractivity contribution in [3.63, 3.8) is 0 Å². The highest BCUT2D eigenvalue weighted by molar-refractivity contribution is 5.84. The maximum Gasteiger partial charge on any atom is 0.304 e. The predicted octanol–water partition coefficient (Wildman–Crippen LogP) is 0.541. The summed E-state index contributed by atoms with van der Waals surface area (Å²) in [6.07, 6.45) is 1.58. The fourth-order valence-electron chi connectivity index (χ4n) is 3.54. The van der Waals surface area contributed by atoms with Crippen molar-refractivity contribution in [3.05, 3.63) is 67.9 Å². The van der Waals surface area contributed by atoms with E-state index in [0.717, 1.165) is 5.52 Å². The number of fused-ring (bicyclic) bond motifs is 4. The van der Waals surface area contributed by atoms with Gasteiger partial charge >= 0.3 is 5.69 Å². The number of nitro groups is 1. The Morgan fingerprint density at radius 1 is 1.15 bits per heavy atom. The van der Waals surface area contributed by atoms with Crippen molar-refractivity contribution in [2.45, 2.75) is 12.0 Å². The molecule has 2 atom stereocenters. The molecule has 1 aliphatic rings. The number of nitrogens with zero attached hydrogens (tertiary/aromatic N) is 5. The van der Waals surface area contributed by atoms with Crippen LogP contribution in [0.5, 0.6) is 0 Å². The molecule has 1 aliphatic carbocycles. The van der Waals surface area contributed by atoms with Gasteiger partial charge < -0.3 is 15.4 Å². The van der Waals surface area contributed by atoms with Gasteiger partial charge in [0.25, 0.3) is 17.4 Å². The van der Waals surface area contributed by atoms with Crippen molar-refractivity contribution in [3.8, 4) is 11.4 Å². The van der Waals surface area contributed by atoms with E-state index >= 15 is 0 Å². The molecule has 0 amide bonds. The summed E-state index contributed by atoms with van der Waals surface area (Å²) in [4.78, 5) is 14.3. The van der Waals surface area contributed by atoms with Crippen molar-refractivity contribution < 1.29 is 24.0 Å². The quantitative estimate of drug-likeness (QED) is 0.309. The lowest BCUT2D eigenvalue weighted by molar-refractivity contribution is -0.809. The molecule has 26 heavy (non-hydrogen) atoms. The average Bonchev–Trinajstić information content (AvgIpc) is 3.31. The molecule has 12 heteroatoms. The molecule has 3 heterocycles. The van der Waals surface area contributed by atoms with Crippen LogP contribution in [0.2, 0.25) is 0 Å². The van der Waals surface area contributed by atoms with Crippen LogP contribution in [-0.2, 0) is 0 Å². The fraction of sp³-hybridized carbons (Fsp3) is 0.143. The minimum Gasteiger partial charge on any atom is -0.361 e. The normalized spacial score (nSPS) is 18.6. The maximum absolute atomic E-state index is 12.2. The first-order valence-corrected chi connectivity index (χ1v) is 7.47. The first-order chi connectivity index (χ1) is 12.6. The van der Waals surface area contributed by atoms with Gasteiger partial charge in [0.2, 0.25) is 5.69 Å². The van der Waals surface area contributed by atoms with Gasteiger partial charge in [0.15, 0.2) is 0 Å². The van der Waals surface area contributed by atoms with Gasteiger partial charge in [0.05, 0.1) is 5.16 Å². The molecule has 5 rings (SSSR count). The standard InChI is InChI=1S/C14H8N6O6/c21-18(22)12-9(7-5-15-8-4-2-1-3-6(7)8)13-11(17-25-19(13)23)14-10(12)16-26-20(14)24/h1-5,9,12,15H/t9-,12-/m1/s1. The van der Waals surface area contributed by atoms with E-state index in [0.29, 0.717) is 10.9 Å². The van der Waals surface area contributed by atoms with E-state index in [4.69, 9.17) is 0 Å². The second-order valence-corrected chi connectivity index (χ2v) is 5.83. The molecule has 0 saturated heterocycles. The summed E-state index contributed by atoms with van der Waals surface area (Å²) in [6, 6.07) is 5.64. The number of hydrogen-bond acceptors (Lipinski definition) is 8. The first-order valence-electron chi connectivity index (χ1n) is 7.47. The van der Waals surface area contributed by atoms with Gasteiger partial charge in [-0.15, -0.1) is 0 Å². The molecule has 1 N–H and O–H groups in total. The number of para-hydroxylation sites is 1. The summed E-state index contributed by atoms with van der Waals surface area (Å²) in [7, 11) is 0. The van der Waals surface area contributed by atoms with Gasteiger partial charge in [-0.05, 0) is 21.4 Å². The van der Waals surface area contributed by atoms with E-state index in [1.165, 1.54) is 0 Å². The number of hydrogen-bond donors (Lipinski definition) is 1. The number of benzene rings is 1. The number of aromatic amines is 1. The monoisotopic (exact) mass is 356 g/mol. The third-order valence-electron chi connectivity index (χ3n) is 4.58. The van der Waals surface area contributed by atoms with Crippen molar-refractivity contribution in [2.24, 2.45) is 0 Å². The van der Waals surface area contributed by atoms with Crippen LogP contribution in [-0.4, -0.2) is 20.2 Å². The largest absolute Gasteiger partial charge is 0.361 e.